The second kappa shape index (κ2) is 5.64. The average Bonchev–Trinajstić information content (AvgIpc) is 3.15. The van der Waals surface area contributed by atoms with Crippen molar-refractivity contribution in [1.29, 1.82) is 0 Å². The minimum atomic E-state index is 0.00496. The zero-order valence-corrected chi connectivity index (χ0v) is 13.9. The van der Waals surface area contributed by atoms with Gasteiger partial charge in [0.05, 0.1) is 0 Å². The molecular weight excluding hydrogens is 298 g/mol. The van der Waals surface area contributed by atoms with E-state index in [-0.39, 0.29) is 5.91 Å². The fourth-order valence-electron chi connectivity index (χ4n) is 3.37. The van der Waals surface area contributed by atoms with E-state index in [1.807, 2.05) is 54.6 Å². The quantitative estimate of drug-likeness (QED) is 0.569. The molecule has 2 heterocycles. The molecule has 0 bridgehead atoms. The summed E-state index contributed by atoms with van der Waals surface area (Å²) in [4.78, 5) is 20.1. The Labute approximate surface area is 141 Å². The van der Waals surface area contributed by atoms with Crippen LogP contribution in [0.25, 0.3) is 22.6 Å². The Morgan fingerprint density at radius 2 is 1.54 bits per heavy atom. The summed E-state index contributed by atoms with van der Waals surface area (Å²) in [6.45, 7) is 5.93. The summed E-state index contributed by atoms with van der Waals surface area (Å²) in [5.74, 6) is 1.61. The Hall–Kier alpha value is -2.88. The van der Waals surface area contributed by atoms with Gasteiger partial charge in [0.15, 0.2) is 5.82 Å². The Kier molecular flexibility index (Phi) is 3.45. The van der Waals surface area contributed by atoms with E-state index >= 15 is 0 Å². The second-order valence-corrected chi connectivity index (χ2v) is 5.83. The molecule has 0 atom stereocenters. The van der Waals surface area contributed by atoms with Crippen molar-refractivity contribution in [3.8, 4) is 22.6 Å². The minimum absolute atomic E-state index is 0.00496. The highest BCUT2D eigenvalue weighted by atomic mass is 16.2. The highest BCUT2D eigenvalue weighted by Gasteiger charge is 2.34. The topological polar surface area (TPSA) is 38.1 Å². The van der Waals surface area contributed by atoms with Crippen LogP contribution in [0, 0.1) is 0 Å². The van der Waals surface area contributed by atoms with Crippen LogP contribution in [-0.2, 0) is 0 Å². The number of hydrogen-bond acceptors (Lipinski definition) is 3. The van der Waals surface area contributed by atoms with Gasteiger partial charge in [-0.1, -0.05) is 48.5 Å². The predicted octanol–water partition coefficient (Wildman–Crippen LogP) is 4.07. The van der Waals surface area contributed by atoms with Gasteiger partial charge in [-0.3, -0.25) is 9.36 Å². The molecule has 0 amide bonds. The molecule has 4 heteroatoms. The van der Waals surface area contributed by atoms with Gasteiger partial charge >= 0.3 is 0 Å². The zero-order chi connectivity index (χ0) is 16.7. The third-order valence-corrected chi connectivity index (χ3v) is 4.57. The molecule has 0 saturated carbocycles. The van der Waals surface area contributed by atoms with Gasteiger partial charge in [-0.05, 0) is 19.9 Å². The predicted molar refractivity (Wildman–Crippen MR) is 96.4 cm³/mol. The average molecular weight is 317 g/mol. The van der Waals surface area contributed by atoms with Crippen LogP contribution in [0.2, 0.25) is 0 Å². The van der Waals surface area contributed by atoms with E-state index < -0.39 is 0 Å². The maximum absolute atomic E-state index is 13.0. The number of fused-ring (bicyclic) bond motifs is 3. The van der Waals surface area contributed by atoms with E-state index in [9.17, 15) is 4.79 Å². The van der Waals surface area contributed by atoms with E-state index in [1.165, 1.54) is 0 Å². The first-order valence-electron chi connectivity index (χ1n) is 8.33. The first-order chi connectivity index (χ1) is 11.8. The SMILES string of the molecule is CCN(CC)c1nc(-c2ccccc2)n2c1-c1ccccc1C2=O. The number of benzene rings is 2. The maximum Gasteiger partial charge on any atom is 0.264 e. The molecule has 0 unspecified atom stereocenters. The molecule has 2 aromatic carbocycles. The molecule has 0 fully saturated rings. The minimum Gasteiger partial charge on any atom is -0.355 e. The molecule has 0 spiro atoms. The first kappa shape index (κ1) is 14.7. The molecule has 0 radical (unpaired) electrons. The number of carbonyl (C=O) groups is 1. The van der Waals surface area contributed by atoms with Crippen molar-refractivity contribution in [1.82, 2.24) is 9.55 Å². The molecule has 0 aliphatic carbocycles. The highest BCUT2D eigenvalue weighted by molar-refractivity contribution is 6.12. The first-order valence-corrected chi connectivity index (χ1v) is 8.33. The van der Waals surface area contributed by atoms with Crippen LogP contribution >= 0.6 is 0 Å². The van der Waals surface area contributed by atoms with Crippen LogP contribution < -0.4 is 4.90 Å². The third kappa shape index (κ3) is 1.99. The molecule has 1 aliphatic rings. The van der Waals surface area contributed by atoms with E-state index in [1.54, 1.807) is 4.57 Å². The molecule has 24 heavy (non-hydrogen) atoms. The second-order valence-electron chi connectivity index (χ2n) is 5.83. The van der Waals surface area contributed by atoms with Crippen molar-refractivity contribution >= 4 is 11.7 Å². The van der Waals surface area contributed by atoms with Gasteiger partial charge in [0.2, 0.25) is 0 Å². The van der Waals surface area contributed by atoms with E-state index in [0.717, 1.165) is 41.3 Å². The molecule has 3 aromatic rings. The van der Waals surface area contributed by atoms with Gasteiger partial charge in [0, 0.05) is 29.8 Å². The van der Waals surface area contributed by atoms with Gasteiger partial charge in [-0.15, -0.1) is 0 Å². The van der Waals surface area contributed by atoms with Gasteiger partial charge in [-0.25, -0.2) is 4.98 Å². The highest BCUT2D eigenvalue weighted by Crippen LogP contribution is 2.42. The summed E-state index contributed by atoms with van der Waals surface area (Å²) >= 11 is 0. The van der Waals surface area contributed by atoms with Crippen LogP contribution in [0.1, 0.15) is 24.2 Å². The van der Waals surface area contributed by atoms with Gasteiger partial charge in [-0.2, -0.15) is 0 Å². The Morgan fingerprint density at radius 3 is 2.21 bits per heavy atom. The van der Waals surface area contributed by atoms with Crippen LogP contribution in [0.3, 0.4) is 0 Å². The number of hydrogen-bond donors (Lipinski definition) is 0. The molecule has 1 aliphatic heterocycles. The van der Waals surface area contributed by atoms with E-state index in [2.05, 4.69) is 18.7 Å². The van der Waals surface area contributed by atoms with Crippen LogP contribution in [0.4, 0.5) is 5.82 Å². The van der Waals surface area contributed by atoms with Crippen LogP contribution in [0.5, 0.6) is 0 Å². The van der Waals surface area contributed by atoms with Crippen LogP contribution in [0.15, 0.2) is 54.6 Å². The molecule has 4 rings (SSSR count). The van der Waals surface area contributed by atoms with Gasteiger partial charge < -0.3 is 4.90 Å². The summed E-state index contributed by atoms with van der Waals surface area (Å²) in [5, 5.41) is 0. The fraction of sp³-hybridized carbons (Fsp3) is 0.200. The number of aromatic nitrogens is 2. The fourth-order valence-corrected chi connectivity index (χ4v) is 3.37. The van der Waals surface area contributed by atoms with Gasteiger partial charge in [0.1, 0.15) is 11.5 Å². The number of nitrogens with zero attached hydrogens (tertiary/aromatic N) is 3. The molecule has 0 saturated heterocycles. The van der Waals surface area contributed by atoms with Crippen molar-refractivity contribution in [3.05, 3.63) is 60.2 Å². The van der Waals surface area contributed by atoms with Crippen molar-refractivity contribution in [3.63, 3.8) is 0 Å². The van der Waals surface area contributed by atoms with E-state index in [0.29, 0.717) is 5.82 Å². The zero-order valence-electron chi connectivity index (χ0n) is 13.9. The largest absolute Gasteiger partial charge is 0.355 e. The van der Waals surface area contributed by atoms with Crippen molar-refractivity contribution in [2.75, 3.05) is 18.0 Å². The lowest BCUT2D eigenvalue weighted by atomic mass is 10.1. The summed E-state index contributed by atoms with van der Waals surface area (Å²) in [6.07, 6.45) is 0. The van der Waals surface area contributed by atoms with Crippen molar-refractivity contribution in [2.24, 2.45) is 0 Å². The monoisotopic (exact) mass is 317 g/mol. The smallest absolute Gasteiger partial charge is 0.264 e. The lowest BCUT2D eigenvalue weighted by Gasteiger charge is -2.19. The van der Waals surface area contributed by atoms with Crippen molar-refractivity contribution < 1.29 is 4.79 Å². The molecule has 0 N–H and O–H groups in total. The van der Waals surface area contributed by atoms with Crippen LogP contribution in [-0.4, -0.2) is 28.5 Å². The lowest BCUT2D eigenvalue weighted by molar-refractivity contribution is 0.0970. The van der Waals surface area contributed by atoms with Gasteiger partial charge in [0.25, 0.3) is 5.91 Å². The number of imidazole rings is 1. The number of carbonyl (C=O) groups excluding carboxylic acids is 1. The standard InChI is InChI=1S/C20H19N3O/c1-3-22(4-2)19-17-15-12-8-9-13-16(15)20(24)23(17)18(21-19)14-10-6-5-7-11-14/h5-13H,3-4H2,1-2H3. The lowest BCUT2D eigenvalue weighted by Crippen LogP contribution is -2.22. The summed E-state index contributed by atoms with van der Waals surface area (Å²) in [5.41, 5.74) is 3.59. The Morgan fingerprint density at radius 1 is 0.917 bits per heavy atom. The summed E-state index contributed by atoms with van der Waals surface area (Å²) in [6, 6.07) is 17.7. The van der Waals surface area contributed by atoms with E-state index in [4.69, 9.17) is 4.98 Å². The maximum atomic E-state index is 13.0. The number of rotatable bonds is 4. The molecule has 1 aromatic heterocycles. The Bertz CT molecular complexity index is 908. The molecule has 120 valence electrons. The third-order valence-electron chi connectivity index (χ3n) is 4.57. The summed E-state index contributed by atoms with van der Waals surface area (Å²) in [7, 11) is 0. The summed E-state index contributed by atoms with van der Waals surface area (Å²) < 4.78 is 1.77. The van der Waals surface area contributed by atoms with Crippen molar-refractivity contribution in [2.45, 2.75) is 13.8 Å². The Balaban J connectivity index is 2.03. The normalized spacial score (nSPS) is 12.2. The number of anilines is 1. The molecular formula is C20H19N3O. The molecule has 4 nitrogen and oxygen atoms in total.